The van der Waals surface area contributed by atoms with Crippen molar-refractivity contribution in [2.45, 2.75) is 0 Å². The van der Waals surface area contributed by atoms with Crippen LogP contribution in [0.25, 0.3) is 10.9 Å². The van der Waals surface area contributed by atoms with Gasteiger partial charge in [-0.2, -0.15) is 0 Å². The van der Waals surface area contributed by atoms with E-state index in [2.05, 4.69) is 44.0 Å². The number of nitrogens with zero attached hydrogens (tertiary/aromatic N) is 2. The molecule has 3 aromatic carbocycles. The summed E-state index contributed by atoms with van der Waals surface area (Å²) >= 11 is 9.30. The van der Waals surface area contributed by atoms with Gasteiger partial charge in [-0.05, 0) is 0 Å². The number of nitrogens with two attached hydrogens (primary N) is 1. The number of nitrogens with one attached hydrogen (secondary N) is 2. The Morgan fingerprint density at radius 2 is 1.97 bits per heavy atom. The minimum atomic E-state index is -0.487. The molecule has 4 rings (SSSR count). The van der Waals surface area contributed by atoms with Crippen molar-refractivity contribution >= 4 is 74.4 Å². The summed E-state index contributed by atoms with van der Waals surface area (Å²) in [5, 5.41) is 7.06. The molecule has 0 radical (unpaired) electrons. The molecule has 6 nitrogen and oxygen atoms in total. The summed E-state index contributed by atoms with van der Waals surface area (Å²) in [6.45, 7) is 0.224. The molecule has 1 heterocycles. The number of rotatable bonds is 7. The van der Waals surface area contributed by atoms with Gasteiger partial charge in [0.05, 0.1) is 0 Å². The molecule has 10 heteroatoms. The Morgan fingerprint density at radius 3 is 2.78 bits per heavy atom. The van der Waals surface area contributed by atoms with Gasteiger partial charge in [-0.1, -0.05) is 0 Å². The zero-order valence-electron chi connectivity index (χ0n) is 16.7. The van der Waals surface area contributed by atoms with Crippen molar-refractivity contribution in [3.8, 4) is 5.75 Å². The Bertz CT molecular complexity index is 1320. The third kappa shape index (κ3) is 5.17. The fraction of sp³-hybridized carbons (Fsp3) is 0.0455. The second-order valence-electron chi connectivity index (χ2n) is 6.90. The van der Waals surface area contributed by atoms with E-state index in [-0.39, 0.29) is 11.6 Å². The quantitative estimate of drug-likeness (QED) is 0.238. The number of ether oxygens (including phenoxy) is 1. The van der Waals surface area contributed by atoms with Gasteiger partial charge >= 0.3 is 194 Å². The van der Waals surface area contributed by atoms with Crippen LogP contribution in [0.3, 0.4) is 0 Å². The number of benzene rings is 3. The molecular weight excluding hydrogens is 495 g/mol. The zero-order chi connectivity index (χ0) is 22.7. The summed E-state index contributed by atoms with van der Waals surface area (Å²) in [5.74, 6) is 0.665. The Balaban J connectivity index is 1.50. The molecule has 0 atom stereocenters. The van der Waals surface area contributed by atoms with Crippen LogP contribution in [0.2, 0.25) is 5.02 Å². The summed E-state index contributed by atoms with van der Waals surface area (Å²) < 4.78 is 20.2. The molecule has 4 aromatic rings. The van der Waals surface area contributed by atoms with Gasteiger partial charge in [0.15, 0.2) is 0 Å². The first-order chi connectivity index (χ1) is 15.4. The van der Waals surface area contributed by atoms with Gasteiger partial charge in [-0.3, -0.25) is 0 Å². The number of hydrogen-bond donors (Lipinski definition) is 3. The fourth-order valence-corrected chi connectivity index (χ4v) is 3.51. The molecule has 0 unspecified atom stereocenters. The van der Waals surface area contributed by atoms with Gasteiger partial charge in [-0.25, -0.2) is 4.39 Å². The van der Waals surface area contributed by atoms with Crippen molar-refractivity contribution in [3.63, 3.8) is 0 Å². The van der Waals surface area contributed by atoms with Crippen molar-refractivity contribution in [1.29, 1.82) is 0 Å². The van der Waals surface area contributed by atoms with Gasteiger partial charge in [0.2, 0.25) is 0 Å². The van der Waals surface area contributed by atoms with Crippen molar-refractivity contribution in [2.24, 2.45) is 0 Å². The molecule has 0 spiro atoms. The average Bonchev–Trinajstić information content (AvgIpc) is 2.77. The normalized spacial score (nSPS) is 10.7. The first-order valence-corrected chi connectivity index (χ1v) is 10.7. The average molecular weight is 513 g/mol. The molecule has 0 saturated carbocycles. The van der Waals surface area contributed by atoms with Crippen LogP contribution >= 0.6 is 27.5 Å². The molecular formula is C22H17BBrClFN5O. The third-order valence-corrected chi connectivity index (χ3v) is 5.31. The van der Waals surface area contributed by atoms with E-state index in [1.807, 2.05) is 30.3 Å². The summed E-state index contributed by atoms with van der Waals surface area (Å²) in [6, 6.07) is 15.4. The van der Waals surface area contributed by atoms with Crippen molar-refractivity contribution < 1.29 is 9.13 Å². The predicted molar refractivity (Wildman–Crippen MR) is 134 cm³/mol. The number of anilines is 4. The number of hydrogen-bond acceptors (Lipinski definition) is 6. The number of fused-ring (bicyclic) bond motifs is 1. The van der Waals surface area contributed by atoms with Crippen LogP contribution in [-0.4, -0.2) is 29.6 Å². The van der Waals surface area contributed by atoms with E-state index in [1.165, 1.54) is 18.5 Å². The Kier molecular flexibility index (Phi) is 6.57. The van der Waals surface area contributed by atoms with Crippen molar-refractivity contribution in [2.75, 3.05) is 23.0 Å². The monoisotopic (exact) mass is 511 g/mol. The predicted octanol–water partition coefficient (Wildman–Crippen LogP) is 5.03. The molecule has 1 aromatic heterocycles. The van der Waals surface area contributed by atoms with E-state index in [4.69, 9.17) is 22.1 Å². The molecule has 4 N–H and O–H groups in total. The van der Waals surface area contributed by atoms with Crippen LogP contribution in [0.4, 0.5) is 27.3 Å². The molecule has 32 heavy (non-hydrogen) atoms. The van der Waals surface area contributed by atoms with Gasteiger partial charge in [0.25, 0.3) is 0 Å². The summed E-state index contributed by atoms with van der Waals surface area (Å²) in [7, 11) is 4.00. The molecule has 0 amide bonds. The van der Waals surface area contributed by atoms with E-state index in [0.717, 1.165) is 21.1 Å². The topological polar surface area (TPSA) is 85.1 Å². The van der Waals surface area contributed by atoms with Gasteiger partial charge in [0, 0.05) is 0 Å². The minimum absolute atomic E-state index is 0.0227. The van der Waals surface area contributed by atoms with Gasteiger partial charge in [0.1, 0.15) is 0 Å². The third-order valence-electron chi connectivity index (χ3n) is 4.53. The second-order valence-corrected chi connectivity index (χ2v) is 8.23. The maximum atomic E-state index is 13.4. The first-order valence-electron chi connectivity index (χ1n) is 9.48. The van der Waals surface area contributed by atoms with E-state index < -0.39 is 5.82 Å². The Morgan fingerprint density at radius 1 is 1.12 bits per heavy atom. The standard InChI is InChI=1S/C22H17BBrClFN5O/c23-21(31-20-7-12(24)1-5-18(20)27)10-32-14-3-6-19-15(9-14)22(29-11-28-19)30-13-2-4-17(26)16(25)8-13/h1-9,11,23,31H,10,27H2,(H,28,29,30). The molecule has 0 aliphatic heterocycles. The van der Waals surface area contributed by atoms with Crippen LogP contribution in [0, 0.1) is 5.82 Å². The second kappa shape index (κ2) is 9.54. The SMILES string of the molecule is B=C(COc1ccc2ncnc(Nc3ccc(F)c(Cl)c3)c2c1)Nc1cc(Br)ccc1N. The molecule has 0 saturated heterocycles. The van der Waals surface area contributed by atoms with E-state index in [1.54, 1.807) is 12.1 Å². The number of nitrogen functional groups attached to an aromatic ring is 1. The number of aromatic nitrogens is 2. The van der Waals surface area contributed by atoms with Crippen molar-refractivity contribution in [3.05, 3.63) is 76.2 Å². The van der Waals surface area contributed by atoms with Crippen LogP contribution in [0.15, 0.2) is 65.4 Å². The Hall–Kier alpha value is -3.17. The summed E-state index contributed by atoms with van der Waals surface area (Å²) in [4.78, 5) is 8.59. The van der Waals surface area contributed by atoms with Crippen LogP contribution < -0.4 is 21.1 Å². The van der Waals surface area contributed by atoms with Crippen LogP contribution in [-0.2, 0) is 0 Å². The van der Waals surface area contributed by atoms with E-state index in [9.17, 15) is 4.39 Å². The maximum absolute atomic E-state index is 13.4. The molecule has 0 bridgehead atoms. The van der Waals surface area contributed by atoms with Crippen LogP contribution in [0.5, 0.6) is 5.75 Å². The van der Waals surface area contributed by atoms with Gasteiger partial charge in [-0.15, -0.1) is 0 Å². The summed E-state index contributed by atoms with van der Waals surface area (Å²) in [5.41, 5.74) is 9.30. The molecule has 0 aliphatic carbocycles. The fourth-order valence-electron chi connectivity index (χ4n) is 2.97. The molecule has 0 fully saturated rings. The molecule has 0 aliphatic rings. The van der Waals surface area contributed by atoms with E-state index in [0.29, 0.717) is 28.5 Å². The summed E-state index contributed by atoms with van der Waals surface area (Å²) in [6.07, 6.45) is 1.45. The number of halogens is 3. The van der Waals surface area contributed by atoms with Crippen molar-refractivity contribution in [1.82, 2.24) is 9.97 Å². The zero-order valence-corrected chi connectivity index (χ0v) is 19.0. The van der Waals surface area contributed by atoms with Gasteiger partial charge < -0.3 is 0 Å². The Labute approximate surface area is 198 Å². The molecule has 160 valence electrons. The first kappa shape index (κ1) is 22.0. The van der Waals surface area contributed by atoms with E-state index >= 15 is 0 Å². The van der Waals surface area contributed by atoms with Crippen LogP contribution in [0.1, 0.15) is 0 Å².